The summed E-state index contributed by atoms with van der Waals surface area (Å²) in [5.74, 6) is -0.997. The van der Waals surface area contributed by atoms with Crippen molar-refractivity contribution < 1.29 is 9.90 Å². The molecule has 15 heavy (non-hydrogen) atoms. The second kappa shape index (κ2) is 3.86. The van der Waals surface area contributed by atoms with Crippen LogP contribution in [0.15, 0.2) is 41.3 Å². The predicted molar refractivity (Wildman–Crippen MR) is 58.2 cm³/mol. The third-order valence-electron chi connectivity index (χ3n) is 1.97. The van der Waals surface area contributed by atoms with Gasteiger partial charge in [-0.2, -0.15) is 0 Å². The number of hydrogen-bond acceptors (Lipinski definition) is 2. The van der Waals surface area contributed by atoms with Crippen LogP contribution in [0.5, 0.6) is 0 Å². The molecule has 0 aliphatic carbocycles. The number of benzene rings is 1. The number of aromatic carboxylic acids is 1. The number of halogens is 1. The summed E-state index contributed by atoms with van der Waals surface area (Å²) in [4.78, 5) is 14.7. The lowest BCUT2D eigenvalue weighted by atomic mass is 10.3. The molecular formula is C10H7BrN2O2. The molecule has 5 heteroatoms. The summed E-state index contributed by atoms with van der Waals surface area (Å²) in [5.41, 5.74) is 0.898. The van der Waals surface area contributed by atoms with Gasteiger partial charge in [-0.15, -0.1) is 0 Å². The third-order valence-corrected chi connectivity index (χ3v) is 2.64. The van der Waals surface area contributed by atoms with Crippen molar-refractivity contribution in [1.29, 1.82) is 0 Å². The Morgan fingerprint density at radius 1 is 1.40 bits per heavy atom. The molecule has 0 radical (unpaired) electrons. The molecule has 1 N–H and O–H groups in total. The van der Waals surface area contributed by atoms with Crippen LogP contribution >= 0.6 is 15.9 Å². The Morgan fingerprint density at radius 2 is 2.13 bits per heavy atom. The fraction of sp³-hybridized carbons (Fsp3) is 0. The highest BCUT2D eigenvalue weighted by Gasteiger charge is 2.12. The molecule has 2 aromatic rings. The van der Waals surface area contributed by atoms with Crippen LogP contribution in [0.25, 0.3) is 5.69 Å². The van der Waals surface area contributed by atoms with Crippen molar-refractivity contribution in [2.24, 2.45) is 0 Å². The van der Waals surface area contributed by atoms with Gasteiger partial charge >= 0.3 is 5.97 Å². The van der Waals surface area contributed by atoms with Crippen LogP contribution < -0.4 is 0 Å². The second-order valence-corrected chi connectivity index (χ2v) is 3.76. The molecule has 0 aliphatic heterocycles. The molecule has 0 atom stereocenters. The Balaban J connectivity index is 2.59. The highest BCUT2D eigenvalue weighted by Crippen LogP contribution is 2.21. The lowest BCUT2D eigenvalue weighted by molar-refractivity contribution is 0.0688. The van der Waals surface area contributed by atoms with Gasteiger partial charge in [0.05, 0.1) is 18.2 Å². The third kappa shape index (κ3) is 1.78. The fourth-order valence-electron chi connectivity index (χ4n) is 1.29. The molecule has 0 unspecified atom stereocenters. The first-order valence-corrected chi connectivity index (χ1v) is 5.00. The molecule has 1 heterocycles. The molecule has 1 aromatic heterocycles. The molecule has 0 fully saturated rings. The minimum absolute atomic E-state index is 0.141. The number of imidazole rings is 1. The van der Waals surface area contributed by atoms with Crippen LogP contribution in [0, 0.1) is 0 Å². The second-order valence-electron chi connectivity index (χ2n) is 2.91. The highest BCUT2D eigenvalue weighted by molar-refractivity contribution is 9.10. The van der Waals surface area contributed by atoms with Crippen molar-refractivity contribution in [1.82, 2.24) is 9.55 Å². The number of para-hydroxylation sites is 1. The number of aromatic nitrogens is 2. The first-order valence-electron chi connectivity index (χ1n) is 4.20. The summed E-state index contributed by atoms with van der Waals surface area (Å²) in [5, 5.41) is 8.93. The molecule has 0 bridgehead atoms. The van der Waals surface area contributed by atoms with E-state index in [4.69, 9.17) is 5.11 Å². The molecule has 0 amide bonds. The summed E-state index contributed by atoms with van der Waals surface area (Å²) >= 11 is 3.36. The largest absolute Gasteiger partial charge is 0.477 e. The molecule has 4 nitrogen and oxygen atoms in total. The fourth-order valence-corrected chi connectivity index (χ4v) is 1.77. The zero-order valence-electron chi connectivity index (χ0n) is 7.59. The van der Waals surface area contributed by atoms with Gasteiger partial charge in [0.25, 0.3) is 0 Å². The Kier molecular flexibility index (Phi) is 2.55. The maximum atomic E-state index is 10.9. The van der Waals surface area contributed by atoms with Gasteiger partial charge in [-0.1, -0.05) is 12.1 Å². The lowest BCUT2D eigenvalue weighted by Crippen LogP contribution is -2.05. The van der Waals surface area contributed by atoms with Crippen molar-refractivity contribution in [3.8, 4) is 5.69 Å². The lowest BCUT2D eigenvalue weighted by Gasteiger charge is -2.06. The number of rotatable bonds is 2. The van der Waals surface area contributed by atoms with Crippen LogP contribution in [-0.2, 0) is 0 Å². The monoisotopic (exact) mass is 266 g/mol. The van der Waals surface area contributed by atoms with Crippen LogP contribution in [0.2, 0.25) is 0 Å². The maximum absolute atomic E-state index is 10.9. The first-order chi connectivity index (χ1) is 7.20. The van der Waals surface area contributed by atoms with Crippen molar-refractivity contribution >= 4 is 21.9 Å². The SMILES string of the molecule is O=C(O)c1cncn1-c1ccccc1Br. The van der Waals surface area contributed by atoms with E-state index in [9.17, 15) is 4.79 Å². The van der Waals surface area contributed by atoms with Crippen LogP contribution in [-0.4, -0.2) is 20.6 Å². The Labute approximate surface area is 94.3 Å². The van der Waals surface area contributed by atoms with Crippen molar-refractivity contribution in [3.63, 3.8) is 0 Å². The predicted octanol–water partition coefficient (Wildman–Crippen LogP) is 2.33. The van der Waals surface area contributed by atoms with E-state index in [1.165, 1.54) is 17.1 Å². The van der Waals surface area contributed by atoms with Gasteiger partial charge in [0.15, 0.2) is 5.69 Å². The molecule has 0 spiro atoms. The minimum Gasteiger partial charge on any atom is -0.477 e. The minimum atomic E-state index is -0.997. The summed E-state index contributed by atoms with van der Waals surface area (Å²) in [6.07, 6.45) is 2.80. The number of carbonyl (C=O) groups is 1. The molecular weight excluding hydrogens is 260 g/mol. The summed E-state index contributed by atoms with van der Waals surface area (Å²) in [6, 6.07) is 7.37. The molecule has 2 rings (SSSR count). The van der Waals surface area contributed by atoms with Crippen LogP contribution in [0.3, 0.4) is 0 Å². The summed E-state index contributed by atoms with van der Waals surface area (Å²) in [7, 11) is 0. The smallest absolute Gasteiger partial charge is 0.354 e. The topological polar surface area (TPSA) is 55.1 Å². The zero-order chi connectivity index (χ0) is 10.8. The molecule has 76 valence electrons. The average Bonchev–Trinajstić information content (AvgIpc) is 2.67. The molecule has 0 saturated carbocycles. The summed E-state index contributed by atoms with van der Waals surface area (Å²) in [6.45, 7) is 0. The quantitative estimate of drug-likeness (QED) is 0.908. The van der Waals surface area contributed by atoms with Gasteiger partial charge in [0, 0.05) is 4.47 Å². The van der Waals surface area contributed by atoms with E-state index in [-0.39, 0.29) is 5.69 Å². The molecule has 0 aliphatic rings. The first kappa shape index (κ1) is 9.92. The zero-order valence-corrected chi connectivity index (χ0v) is 9.18. The van der Waals surface area contributed by atoms with Crippen molar-refractivity contribution in [3.05, 3.63) is 47.0 Å². The van der Waals surface area contributed by atoms with Crippen LogP contribution in [0.1, 0.15) is 10.5 Å². The van der Waals surface area contributed by atoms with Crippen molar-refractivity contribution in [2.75, 3.05) is 0 Å². The standard InChI is InChI=1S/C10H7BrN2O2/c11-7-3-1-2-4-8(7)13-6-12-5-9(13)10(14)15/h1-6H,(H,14,15). The van der Waals surface area contributed by atoms with Gasteiger partial charge in [0.1, 0.15) is 0 Å². The van der Waals surface area contributed by atoms with E-state index in [2.05, 4.69) is 20.9 Å². The van der Waals surface area contributed by atoms with E-state index in [0.29, 0.717) is 0 Å². The Morgan fingerprint density at radius 3 is 2.80 bits per heavy atom. The van der Waals surface area contributed by atoms with E-state index in [1.54, 1.807) is 0 Å². The van der Waals surface area contributed by atoms with E-state index in [0.717, 1.165) is 10.2 Å². The molecule has 0 saturated heterocycles. The normalized spacial score (nSPS) is 10.2. The average molecular weight is 267 g/mol. The van der Waals surface area contributed by atoms with Crippen LogP contribution in [0.4, 0.5) is 0 Å². The Bertz CT molecular complexity index is 508. The van der Waals surface area contributed by atoms with Gasteiger partial charge in [-0.25, -0.2) is 9.78 Å². The van der Waals surface area contributed by atoms with Gasteiger partial charge in [0.2, 0.25) is 0 Å². The van der Waals surface area contributed by atoms with E-state index >= 15 is 0 Å². The maximum Gasteiger partial charge on any atom is 0.354 e. The van der Waals surface area contributed by atoms with Gasteiger partial charge in [-0.05, 0) is 28.1 Å². The number of nitrogens with zero attached hydrogens (tertiary/aromatic N) is 2. The van der Waals surface area contributed by atoms with E-state index in [1.807, 2.05) is 24.3 Å². The van der Waals surface area contributed by atoms with Gasteiger partial charge in [-0.3, -0.25) is 4.57 Å². The highest BCUT2D eigenvalue weighted by atomic mass is 79.9. The summed E-state index contributed by atoms with van der Waals surface area (Å²) < 4.78 is 2.34. The molecule has 1 aromatic carbocycles. The van der Waals surface area contributed by atoms with E-state index < -0.39 is 5.97 Å². The number of hydrogen-bond donors (Lipinski definition) is 1. The number of carboxylic acid groups (broad SMARTS) is 1. The van der Waals surface area contributed by atoms with Crippen molar-refractivity contribution in [2.45, 2.75) is 0 Å². The van der Waals surface area contributed by atoms with Gasteiger partial charge < -0.3 is 5.11 Å². The Hall–Kier alpha value is -1.62. The number of carboxylic acids is 1.